The number of hydrogen-bond donors (Lipinski definition) is 2. The second-order valence-corrected chi connectivity index (χ2v) is 13.6. The van der Waals surface area contributed by atoms with E-state index in [1.807, 2.05) is 0 Å². The number of carbonyl (C=O) groups is 2. The summed E-state index contributed by atoms with van der Waals surface area (Å²) in [6, 6.07) is 6.82. The number of rotatable bonds is 12. The number of nitrogens with zero attached hydrogens (tertiary/aromatic N) is 1. The second-order valence-electron chi connectivity index (χ2n) is 10.9. The van der Waals surface area contributed by atoms with Crippen LogP contribution in [0.25, 0.3) is 0 Å². The smallest absolute Gasteiger partial charge is 0.433 e. The first-order valence-corrected chi connectivity index (χ1v) is 16.0. The zero-order chi connectivity index (χ0) is 31.3. The lowest BCUT2D eigenvalue weighted by molar-refractivity contribution is -0.143. The number of unbranched alkanes of at least 4 members (excludes halogenated alkanes) is 1. The second kappa shape index (κ2) is 13.5. The SMILES string of the molecule is COC(=O)C(Cc1ccc(NC(=O)c2c(C)cc(C(F)(F)F)nc2C)cc1)NC(=S)C1(CCCCS(C)(=O)=O)CCC1. The molecule has 230 valence electrons. The molecule has 1 heterocycles. The van der Waals surface area contributed by atoms with Crippen molar-refractivity contribution in [3.05, 3.63) is 58.4 Å². The topological polar surface area (TPSA) is 114 Å². The van der Waals surface area contributed by atoms with Crippen molar-refractivity contribution < 1.29 is 35.9 Å². The summed E-state index contributed by atoms with van der Waals surface area (Å²) in [5, 5.41) is 5.88. The van der Waals surface area contributed by atoms with Crippen molar-refractivity contribution in [1.82, 2.24) is 10.3 Å². The Bertz CT molecular complexity index is 1400. The minimum absolute atomic E-state index is 0.0287. The maximum absolute atomic E-state index is 13.1. The van der Waals surface area contributed by atoms with Crippen LogP contribution in [0.3, 0.4) is 0 Å². The van der Waals surface area contributed by atoms with Crippen LogP contribution in [0.15, 0.2) is 30.3 Å². The van der Waals surface area contributed by atoms with E-state index in [9.17, 15) is 31.2 Å². The number of benzene rings is 1. The molecule has 1 amide bonds. The average Bonchev–Trinajstić information content (AvgIpc) is 2.86. The van der Waals surface area contributed by atoms with Gasteiger partial charge in [-0.15, -0.1) is 0 Å². The third kappa shape index (κ3) is 8.73. The van der Waals surface area contributed by atoms with Gasteiger partial charge < -0.3 is 15.4 Å². The fourth-order valence-electron chi connectivity index (χ4n) is 5.14. The Morgan fingerprint density at radius 1 is 1.14 bits per heavy atom. The summed E-state index contributed by atoms with van der Waals surface area (Å²) in [7, 11) is -1.73. The molecular weight excluding hydrogens is 591 g/mol. The minimum atomic E-state index is -4.61. The molecule has 1 fully saturated rings. The molecule has 1 aromatic carbocycles. The Morgan fingerprint density at radius 2 is 1.79 bits per heavy atom. The Hall–Kier alpha value is -3.06. The number of anilines is 1. The number of sulfone groups is 1. The van der Waals surface area contributed by atoms with E-state index in [1.54, 1.807) is 24.3 Å². The third-order valence-electron chi connectivity index (χ3n) is 7.57. The molecule has 3 rings (SSSR count). The summed E-state index contributed by atoms with van der Waals surface area (Å²) in [6.45, 7) is 2.78. The zero-order valence-corrected chi connectivity index (χ0v) is 25.7. The van der Waals surface area contributed by atoms with E-state index in [4.69, 9.17) is 17.0 Å². The summed E-state index contributed by atoms with van der Waals surface area (Å²) in [6.07, 6.45) is 1.62. The van der Waals surface area contributed by atoms with Crippen LogP contribution in [-0.2, 0) is 32.0 Å². The fourth-order valence-corrected chi connectivity index (χ4v) is 6.32. The number of halogens is 3. The van der Waals surface area contributed by atoms with Crippen molar-refractivity contribution >= 4 is 44.6 Å². The zero-order valence-electron chi connectivity index (χ0n) is 24.1. The number of thiocarbonyl (C=S) groups is 1. The van der Waals surface area contributed by atoms with Crippen LogP contribution >= 0.6 is 12.2 Å². The van der Waals surface area contributed by atoms with E-state index in [0.717, 1.165) is 37.3 Å². The van der Waals surface area contributed by atoms with Crippen molar-refractivity contribution in [3.63, 3.8) is 0 Å². The number of ether oxygens (including phenoxy) is 1. The highest BCUT2D eigenvalue weighted by Crippen LogP contribution is 2.46. The molecule has 2 N–H and O–H groups in total. The molecule has 0 bridgehead atoms. The lowest BCUT2D eigenvalue weighted by Gasteiger charge is -2.43. The van der Waals surface area contributed by atoms with Crippen LogP contribution in [0, 0.1) is 19.3 Å². The number of pyridine rings is 1. The van der Waals surface area contributed by atoms with Gasteiger partial charge in [-0.1, -0.05) is 37.2 Å². The number of amides is 1. The monoisotopic (exact) mass is 627 g/mol. The summed E-state index contributed by atoms with van der Waals surface area (Å²) >= 11 is 5.73. The van der Waals surface area contributed by atoms with Crippen LogP contribution in [0.1, 0.15) is 71.4 Å². The molecule has 1 saturated carbocycles. The number of nitrogens with one attached hydrogen (secondary N) is 2. The van der Waals surface area contributed by atoms with Crippen molar-refractivity contribution in [3.8, 4) is 0 Å². The quantitative estimate of drug-likeness (QED) is 0.184. The summed E-state index contributed by atoms with van der Waals surface area (Å²) in [5.74, 6) is -0.937. The van der Waals surface area contributed by atoms with E-state index in [0.29, 0.717) is 23.5 Å². The number of aryl methyl sites for hydroxylation is 2. The van der Waals surface area contributed by atoms with Crippen LogP contribution in [0.2, 0.25) is 0 Å². The van der Waals surface area contributed by atoms with Crippen LogP contribution in [-0.4, -0.2) is 55.4 Å². The standard InChI is InChI=1S/C29H36F3N3O5S2/c1-18-16-23(29(30,31)32)33-19(2)24(18)25(36)34-21-10-8-20(9-11-21)17-22(26(37)40-3)35-27(41)28(13-7-14-28)12-5-6-15-42(4,38)39/h8-11,16,22H,5-7,12-15,17H2,1-4H3,(H,34,36)(H,35,41). The molecule has 13 heteroatoms. The van der Waals surface area contributed by atoms with Gasteiger partial charge in [-0.25, -0.2) is 18.2 Å². The van der Waals surface area contributed by atoms with Crippen molar-refractivity contribution in [2.24, 2.45) is 5.41 Å². The average molecular weight is 628 g/mol. The molecule has 2 aromatic rings. The number of alkyl halides is 3. The Kier molecular flexibility index (Phi) is 10.7. The van der Waals surface area contributed by atoms with E-state index in [-0.39, 0.29) is 34.4 Å². The largest absolute Gasteiger partial charge is 0.467 e. The Balaban J connectivity index is 1.65. The summed E-state index contributed by atoms with van der Waals surface area (Å²) < 4.78 is 67.1. The summed E-state index contributed by atoms with van der Waals surface area (Å²) in [5.41, 5.74) is 0.0572. The Morgan fingerprint density at radius 3 is 2.29 bits per heavy atom. The van der Waals surface area contributed by atoms with Gasteiger partial charge >= 0.3 is 12.1 Å². The highest BCUT2D eigenvalue weighted by molar-refractivity contribution is 7.90. The molecule has 1 unspecified atom stereocenters. The van der Waals surface area contributed by atoms with E-state index >= 15 is 0 Å². The number of hydrogen-bond acceptors (Lipinski definition) is 7. The lowest BCUT2D eigenvalue weighted by atomic mass is 9.65. The van der Waals surface area contributed by atoms with Crippen molar-refractivity contribution in [2.45, 2.75) is 71.0 Å². The van der Waals surface area contributed by atoms with Gasteiger partial charge in [0, 0.05) is 29.5 Å². The first kappa shape index (κ1) is 33.4. The number of aromatic nitrogens is 1. The maximum Gasteiger partial charge on any atom is 0.433 e. The highest BCUT2D eigenvalue weighted by Gasteiger charge is 2.42. The van der Waals surface area contributed by atoms with Gasteiger partial charge in [0.1, 0.15) is 21.6 Å². The lowest BCUT2D eigenvalue weighted by Crippen LogP contribution is -2.51. The molecule has 1 aromatic heterocycles. The number of esters is 1. The molecular formula is C29H36F3N3O5S2. The van der Waals surface area contributed by atoms with E-state index < -0.39 is 39.6 Å². The predicted molar refractivity (Wildman–Crippen MR) is 158 cm³/mol. The number of methoxy groups -OCH3 is 1. The van der Waals surface area contributed by atoms with Crippen molar-refractivity contribution in [1.29, 1.82) is 0 Å². The van der Waals surface area contributed by atoms with Gasteiger partial charge in [-0.2, -0.15) is 13.2 Å². The number of carbonyl (C=O) groups excluding carboxylic acids is 2. The van der Waals surface area contributed by atoms with Gasteiger partial charge in [-0.3, -0.25) is 4.79 Å². The van der Waals surface area contributed by atoms with E-state index in [2.05, 4.69) is 15.6 Å². The molecule has 1 atom stereocenters. The highest BCUT2D eigenvalue weighted by atomic mass is 32.2. The normalized spacial score (nSPS) is 15.3. The molecule has 42 heavy (non-hydrogen) atoms. The molecule has 1 aliphatic carbocycles. The van der Waals surface area contributed by atoms with Crippen LogP contribution in [0.5, 0.6) is 0 Å². The third-order valence-corrected chi connectivity index (χ3v) is 9.15. The molecule has 0 spiro atoms. The van der Waals surface area contributed by atoms with Gasteiger partial charge in [0.2, 0.25) is 0 Å². The summed E-state index contributed by atoms with van der Waals surface area (Å²) in [4.78, 5) is 29.6. The van der Waals surface area contributed by atoms with Gasteiger partial charge in [0.15, 0.2) is 0 Å². The maximum atomic E-state index is 13.1. The fraction of sp³-hybridized carbons (Fsp3) is 0.517. The first-order valence-electron chi connectivity index (χ1n) is 13.6. The molecule has 0 aliphatic heterocycles. The van der Waals surface area contributed by atoms with Gasteiger partial charge in [0.25, 0.3) is 5.91 Å². The van der Waals surface area contributed by atoms with E-state index in [1.165, 1.54) is 27.2 Å². The Labute approximate surface area is 249 Å². The van der Waals surface area contributed by atoms with Crippen LogP contribution < -0.4 is 10.6 Å². The van der Waals surface area contributed by atoms with Gasteiger partial charge in [-0.05, 0) is 68.9 Å². The molecule has 8 nitrogen and oxygen atoms in total. The van der Waals surface area contributed by atoms with Crippen molar-refractivity contribution in [2.75, 3.05) is 24.4 Å². The molecule has 1 aliphatic rings. The molecule has 0 saturated heterocycles. The van der Waals surface area contributed by atoms with Gasteiger partial charge in [0.05, 0.1) is 23.4 Å². The minimum Gasteiger partial charge on any atom is -0.467 e. The van der Waals surface area contributed by atoms with Crippen LogP contribution in [0.4, 0.5) is 18.9 Å². The molecule has 0 radical (unpaired) electrons. The predicted octanol–water partition coefficient (Wildman–Crippen LogP) is 5.36. The first-order chi connectivity index (χ1) is 19.5.